The van der Waals surface area contributed by atoms with E-state index in [0.29, 0.717) is 22.0 Å². The Morgan fingerprint density at radius 1 is 1.14 bits per heavy atom. The Bertz CT molecular complexity index is 1120. The molecule has 0 radical (unpaired) electrons. The second kappa shape index (κ2) is 6.73. The van der Waals surface area contributed by atoms with E-state index in [9.17, 15) is 13.5 Å². The summed E-state index contributed by atoms with van der Waals surface area (Å²) in [4.78, 5) is 8.52. The number of hydrogen-bond donors (Lipinski definition) is 2. The Morgan fingerprint density at radius 3 is 2.54 bits per heavy atom. The van der Waals surface area contributed by atoms with Crippen LogP contribution in [0.3, 0.4) is 0 Å². The van der Waals surface area contributed by atoms with E-state index in [4.69, 9.17) is 17.3 Å². The minimum absolute atomic E-state index is 0.0327. The molecule has 1 aliphatic heterocycles. The third-order valence-electron chi connectivity index (χ3n) is 4.94. The number of aliphatic hydroxyl groups is 1. The van der Waals surface area contributed by atoms with Crippen LogP contribution in [0, 0.1) is 0 Å². The van der Waals surface area contributed by atoms with Crippen molar-refractivity contribution >= 4 is 33.3 Å². The molecule has 0 saturated heterocycles. The van der Waals surface area contributed by atoms with Gasteiger partial charge in [-0.2, -0.15) is 0 Å². The van der Waals surface area contributed by atoms with Crippen molar-refractivity contribution in [1.82, 2.24) is 9.97 Å². The van der Waals surface area contributed by atoms with E-state index in [1.165, 1.54) is 28.8 Å². The number of nitrogens with zero attached hydrogens (tertiary/aromatic N) is 3. The fourth-order valence-corrected chi connectivity index (χ4v) is 5.15. The van der Waals surface area contributed by atoms with Crippen LogP contribution in [0.2, 0.25) is 5.02 Å². The number of hydrogen-bond acceptors (Lipinski definition) is 6. The summed E-state index contributed by atoms with van der Waals surface area (Å²) in [6.07, 6.45) is 2.93. The van der Waals surface area contributed by atoms with Gasteiger partial charge in [-0.3, -0.25) is 0 Å². The number of fused-ring (bicyclic) bond motifs is 1. The standard InChI is InChI=1S/C19H17ClN4O3S/c20-14-8-16-18(23-10-14)24(28(26,27)15-4-2-1-3-5-15)11-19(16,12-25)13-6-7-17(21)22-9-13/h1-10,25H,11-12H2,(H2,21,22). The fraction of sp³-hybridized carbons (Fsp3) is 0.158. The lowest BCUT2D eigenvalue weighted by molar-refractivity contribution is 0.229. The molecular weight excluding hydrogens is 400 g/mol. The first-order valence-electron chi connectivity index (χ1n) is 8.45. The zero-order valence-electron chi connectivity index (χ0n) is 14.7. The van der Waals surface area contributed by atoms with Crippen LogP contribution in [-0.2, 0) is 15.4 Å². The van der Waals surface area contributed by atoms with Crippen molar-refractivity contribution in [1.29, 1.82) is 0 Å². The van der Waals surface area contributed by atoms with E-state index in [-0.39, 0.29) is 23.9 Å². The predicted molar refractivity (Wildman–Crippen MR) is 107 cm³/mol. The van der Waals surface area contributed by atoms with Gasteiger partial charge in [-0.25, -0.2) is 22.7 Å². The first-order chi connectivity index (χ1) is 13.4. The zero-order chi connectivity index (χ0) is 19.9. The first-order valence-corrected chi connectivity index (χ1v) is 10.3. The number of aliphatic hydroxyl groups excluding tert-OH is 1. The maximum atomic E-state index is 13.3. The quantitative estimate of drug-likeness (QED) is 0.674. The molecule has 3 heterocycles. The maximum absolute atomic E-state index is 13.3. The molecular formula is C19H17ClN4O3S. The second-order valence-electron chi connectivity index (χ2n) is 6.56. The summed E-state index contributed by atoms with van der Waals surface area (Å²) in [6, 6.07) is 13.1. The van der Waals surface area contributed by atoms with Crippen molar-refractivity contribution in [3.63, 3.8) is 0 Å². The molecule has 2 aromatic heterocycles. The van der Waals surface area contributed by atoms with Gasteiger partial charge in [0, 0.05) is 18.0 Å². The van der Waals surface area contributed by atoms with E-state index in [1.54, 1.807) is 36.4 Å². The van der Waals surface area contributed by atoms with Crippen molar-refractivity contribution in [2.45, 2.75) is 10.3 Å². The molecule has 4 rings (SSSR count). The summed E-state index contributed by atoms with van der Waals surface area (Å²) in [6.45, 7) is -0.385. The average molecular weight is 417 g/mol. The monoisotopic (exact) mass is 416 g/mol. The third-order valence-corrected chi connectivity index (χ3v) is 6.90. The van der Waals surface area contributed by atoms with Gasteiger partial charge in [0.2, 0.25) is 0 Å². The van der Waals surface area contributed by atoms with Crippen molar-refractivity contribution in [3.8, 4) is 0 Å². The van der Waals surface area contributed by atoms with Crippen LogP contribution in [0.4, 0.5) is 11.6 Å². The number of rotatable bonds is 4. The molecule has 0 spiro atoms. The van der Waals surface area contributed by atoms with Gasteiger partial charge < -0.3 is 10.8 Å². The molecule has 1 aliphatic rings. The summed E-state index contributed by atoms with van der Waals surface area (Å²) in [5.74, 6) is 0.562. The van der Waals surface area contributed by atoms with E-state index in [1.807, 2.05) is 0 Å². The summed E-state index contributed by atoms with van der Waals surface area (Å²) >= 11 is 6.15. The Labute approximate surface area is 167 Å². The highest BCUT2D eigenvalue weighted by Crippen LogP contribution is 2.46. The molecule has 3 aromatic rings. The van der Waals surface area contributed by atoms with Crippen LogP contribution in [-0.4, -0.2) is 36.6 Å². The molecule has 28 heavy (non-hydrogen) atoms. The summed E-state index contributed by atoms with van der Waals surface area (Å²) in [5, 5.41) is 10.7. The van der Waals surface area contributed by atoms with Crippen LogP contribution in [0.5, 0.6) is 0 Å². The smallest absolute Gasteiger partial charge is 0.265 e. The Hall–Kier alpha value is -2.68. The van der Waals surface area contributed by atoms with Gasteiger partial charge in [-0.05, 0) is 29.8 Å². The Balaban J connectivity index is 1.93. The lowest BCUT2D eigenvalue weighted by atomic mass is 9.78. The lowest BCUT2D eigenvalue weighted by Gasteiger charge is -2.28. The van der Waals surface area contributed by atoms with E-state index >= 15 is 0 Å². The molecule has 0 bridgehead atoms. The Kier molecular flexibility index (Phi) is 4.49. The van der Waals surface area contributed by atoms with Gasteiger partial charge in [0.1, 0.15) is 11.6 Å². The van der Waals surface area contributed by atoms with Crippen LogP contribution >= 0.6 is 11.6 Å². The van der Waals surface area contributed by atoms with Crippen LogP contribution in [0.25, 0.3) is 0 Å². The van der Waals surface area contributed by atoms with E-state index < -0.39 is 15.4 Å². The number of halogens is 1. The van der Waals surface area contributed by atoms with Crippen molar-refractivity contribution in [2.75, 3.05) is 23.2 Å². The predicted octanol–water partition coefficient (Wildman–Crippen LogP) is 2.20. The molecule has 0 amide bonds. The molecule has 1 atom stereocenters. The Morgan fingerprint density at radius 2 is 1.89 bits per heavy atom. The van der Waals surface area contributed by atoms with Gasteiger partial charge >= 0.3 is 0 Å². The number of sulfonamides is 1. The number of anilines is 2. The van der Waals surface area contributed by atoms with E-state index in [2.05, 4.69) is 9.97 Å². The molecule has 0 aliphatic carbocycles. The molecule has 9 heteroatoms. The van der Waals surface area contributed by atoms with Gasteiger partial charge in [0.15, 0.2) is 0 Å². The van der Waals surface area contributed by atoms with Gasteiger partial charge in [-0.15, -0.1) is 0 Å². The van der Waals surface area contributed by atoms with Crippen LogP contribution in [0.1, 0.15) is 11.1 Å². The molecule has 144 valence electrons. The first kappa shape index (κ1) is 18.7. The fourth-order valence-electron chi connectivity index (χ4n) is 3.47. The molecule has 3 N–H and O–H groups in total. The number of benzene rings is 1. The van der Waals surface area contributed by atoms with E-state index in [0.717, 1.165) is 0 Å². The molecule has 7 nitrogen and oxygen atoms in total. The normalized spacial score (nSPS) is 18.9. The summed E-state index contributed by atoms with van der Waals surface area (Å²) in [7, 11) is -3.89. The maximum Gasteiger partial charge on any atom is 0.265 e. The minimum atomic E-state index is -3.89. The SMILES string of the molecule is Nc1ccc(C2(CO)CN(S(=O)(=O)c3ccccc3)c3ncc(Cl)cc32)cn1. The highest BCUT2D eigenvalue weighted by Gasteiger charge is 2.49. The number of aromatic nitrogens is 2. The summed E-state index contributed by atoms with van der Waals surface area (Å²) in [5.41, 5.74) is 5.78. The van der Waals surface area contributed by atoms with Gasteiger partial charge in [0.25, 0.3) is 10.0 Å². The molecule has 0 saturated carbocycles. The zero-order valence-corrected chi connectivity index (χ0v) is 16.2. The highest BCUT2D eigenvalue weighted by atomic mass is 35.5. The summed E-state index contributed by atoms with van der Waals surface area (Å²) < 4.78 is 27.8. The van der Waals surface area contributed by atoms with Gasteiger partial charge in [-0.1, -0.05) is 35.9 Å². The van der Waals surface area contributed by atoms with Crippen LogP contribution in [0.15, 0.2) is 65.8 Å². The van der Waals surface area contributed by atoms with Gasteiger partial charge in [0.05, 0.1) is 28.5 Å². The van der Waals surface area contributed by atoms with Crippen molar-refractivity contribution in [2.24, 2.45) is 0 Å². The topological polar surface area (TPSA) is 109 Å². The van der Waals surface area contributed by atoms with Crippen LogP contribution < -0.4 is 10.0 Å². The highest BCUT2D eigenvalue weighted by molar-refractivity contribution is 7.92. The van der Waals surface area contributed by atoms with Crippen molar-refractivity contribution in [3.05, 3.63) is 77.1 Å². The number of nitrogen functional groups attached to an aromatic ring is 1. The largest absolute Gasteiger partial charge is 0.395 e. The molecule has 1 unspecified atom stereocenters. The molecule has 1 aromatic carbocycles. The third kappa shape index (κ3) is 2.81. The second-order valence-corrected chi connectivity index (χ2v) is 8.86. The number of nitrogens with two attached hydrogens (primary N) is 1. The van der Waals surface area contributed by atoms with Crippen molar-refractivity contribution < 1.29 is 13.5 Å². The lowest BCUT2D eigenvalue weighted by Crippen LogP contribution is -2.40. The number of pyridine rings is 2. The molecule has 0 fully saturated rings. The average Bonchev–Trinajstić information content (AvgIpc) is 3.05. The minimum Gasteiger partial charge on any atom is -0.395 e.